The van der Waals surface area contributed by atoms with Crippen molar-refractivity contribution < 1.29 is 4.74 Å². The number of anilines is 1. The van der Waals surface area contributed by atoms with Crippen LogP contribution in [0.4, 0.5) is 5.95 Å². The fraction of sp³-hybridized carbons (Fsp3) is 0.150. The highest BCUT2D eigenvalue weighted by Crippen LogP contribution is 2.32. The summed E-state index contributed by atoms with van der Waals surface area (Å²) in [4.78, 5) is 16.5. The highest BCUT2D eigenvalue weighted by atomic mass is 16.5. The van der Waals surface area contributed by atoms with Gasteiger partial charge in [-0.1, -0.05) is 6.07 Å². The maximum absolute atomic E-state index is 9.10. The van der Waals surface area contributed by atoms with Crippen LogP contribution in [0.2, 0.25) is 0 Å². The number of methoxy groups -OCH3 is 1. The number of nitrogens with zero attached hydrogens (tertiary/aromatic N) is 4. The summed E-state index contributed by atoms with van der Waals surface area (Å²) in [5, 5.41) is 21.8. The fourth-order valence-corrected chi connectivity index (χ4v) is 3.07. The highest BCUT2D eigenvalue weighted by Gasteiger charge is 2.13. The Balaban J connectivity index is 1.76. The van der Waals surface area contributed by atoms with E-state index in [1.54, 1.807) is 31.8 Å². The Morgan fingerprint density at radius 2 is 2.18 bits per heavy atom. The summed E-state index contributed by atoms with van der Waals surface area (Å²) < 4.78 is 4.95. The van der Waals surface area contributed by atoms with Gasteiger partial charge in [0.2, 0.25) is 5.95 Å². The summed E-state index contributed by atoms with van der Waals surface area (Å²) in [5.41, 5.74) is 4.47. The minimum atomic E-state index is 0.260. The normalized spacial score (nSPS) is 10.9. The maximum Gasteiger partial charge on any atom is 0.223 e. The van der Waals surface area contributed by atoms with E-state index in [1.165, 1.54) is 0 Å². The molecule has 0 saturated heterocycles. The summed E-state index contributed by atoms with van der Waals surface area (Å²) in [5.74, 6) is 0.437. The standard InChI is InChI=1S/C20H17N7O/c1-28-11-14(22)8-26-20-25-7-13-6-23-9-17(19(13)27-20)16-10-24-18-4-12(5-21)2-3-15(16)18/h2-4,6-7,9-10,22,24H,8,11H2,1H3,(H,25,26,27). The molecule has 0 saturated carbocycles. The van der Waals surface area contributed by atoms with Crippen LogP contribution in [0.25, 0.3) is 32.9 Å². The van der Waals surface area contributed by atoms with Gasteiger partial charge in [-0.3, -0.25) is 4.98 Å². The van der Waals surface area contributed by atoms with Gasteiger partial charge in [0.05, 0.1) is 36.0 Å². The molecule has 0 spiro atoms. The Morgan fingerprint density at radius 1 is 1.29 bits per heavy atom. The van der Waals surface area contributed by atoms with Crippen molar-refractivity contribution in [1.29, 1.82) is 10.7 Å². The quantitative estimate of drug-likeness (QED) is 0.447. The van der Waals surface area contributed by atoms with Crippen LogP contribution in [0.5, 0.6) is 0 Å². The van der Waals surface area contributed by atoms with Gasteiger partial charge in [0.1, 0.15) is 0 Å². The first kappa shape index (κ1) is 17.6. The van der Waals surface area contributed by atoms with E-state index in [-0.39, 0.29) is 6.61 Å². The van der Waals surface area contributed by atoms with Crippen LogP contribution in [-0.2, 0) is 4.74 Å². The number of hydrogen-bond acceptors (Lipinski definition) is 7. The van der Waals surface area contributed by atoms with Crippen molar-refractivity contribution >= 4 is 33.5 Å². The summed E-state index contributed by atoms with van der Waals surface area (Å²) in [6, 6.07) is 7.68. The molecule has 0 radical (unpaired) electrons. The molecule has 4 aromatic rings. The van der Waals surface area contributed by atoms with Gasteiger partial charge in [0.15, 0.2) is 0 Å². The van der Waals surface area contributed by atoms with Gasteiger partial charge in [0, 0.05) is 59.3 Å². The minimum absolute atomic E-state index is 0.260. The Morgan fingerprint density at radius 3 is 3.00 bits per heavy atom. The number of benzene rings is 1. The second kappa shape index (κ2) is 7.42. The molecule has 138 valence electrons. The van der Waals surface area contributed by atoms with Gasteiger partial charge in [-0.25, -0.2) is 9.97 Å². The zero-order chi connectivity index (χ0) is 19.5. The predicted molar refractivity (Wildman–Crippen MR) is 107 cm³/mol. The number of rotatable bonds is 6. The van der Waals surface area contributed by atoms with Crippen LogP contribution in [0.1, 0.15) is 5.56 Å². The van der Waals surface area contributed by atoms with Gasteiger partial charge in [-0.2, -0.15) is 5.26 Å². The minimum Gasteiger partial charge on any atom is -0.379 e. The molecule has 0 bridgehead atoms. The average Bonchev–Trinajstić information content (AvgIpc) is 3.14. The molecule has 0 amide bonds. The third kappa shape index (κ3) is 3.26. The first-order chi connectivity index (χ1) is 13.7. The molecule has 3 heterocycles. The molecule has 0 unspecified atom stereocenters. The van der Waals surface area contributed by atoms with Crippen molar-refractivity contribution in [3.63, 3.8) is 0 Å². The molecule has 3 aromatic heterocycles. The predicted octanol–water partition coefficient (Wildman–Crippen LogP) is 3.12. The van der Waals surface area contributed by atoms with E-state index in [0.29, 0.717) is 23.8 Å². The average molecular weight is 371 g/mol. The molecular weight excluding hydrogens is 354 g/mol. The van der Waals surface area contributed by atoms with Crippen LogP contribution >= 0.6 is 0 Å². The lowest BCUT2D eigenvalue weighted by Crippen LogP contribution is -2.18. The molecule has 8 nitrogen and oxygen atoms in total. The lowest BCUT2D eigenvalue weighted by atomic mass is 10.0. The van der Waals surface area contributed by atoms with Gasteiger partial charge in [-0.15, -0.1) is 0 Å². The third-order valence-electron chi connectivity index (χ3n) is 4.37. The third-order valence-corrected chi connectivity index (χ3v) is 4.37. The number of nitrogens with one attached hydrogen (secondary N) is 3. The van der Waals surface area contributed by atoms with Crippen LogP contribution in [0.3, 0.4) is 0 Å². The molecule has 0 aliphatic heterocycles. The molecule has 0 aliphatic rings. The molecule has 0 aliphatic carbocycles. The Kier molecular flexibility index (Phi) is 4.66. The molecule has 1 aromatic carbocycles. The van der Waals surface area contributed by atoms with Crippen LogP contribution in [0, 0.1) is 16.7 Å². The number of H-pyrrole nitrogens is 1. The first-order valence-corrected chi connectivity index (χ1v) is 8.61. The van der Waals surface area contributed by atoms with Crippen molar-refractivity contribution in [1.82, 2.24) is 19.9 Å². The number of nitriles is 1. The number of aromatic amines is 1. The van der Waals surface area contributed by atoms with Crippen LogP contribution in [0.15, 0.2) is 43.0 Å². The first-order valence-electron chi connectivity index (χ1n) is 8.61. The van der Waals surface area contributed by atoms with E-state index in [9.17, 15) is 0 Å². The van der Waals surface area contributed by atoms with E-state index < -0.39 is 0 Å². The topological polar surface area (TPSA) is 123 Å². The van der Waals surface area contributed by atoms with Crippen LogP contribution in [-0.4, -0.2) is 45.9 Å². The van der Waals surface area contributed by atoms with E-state index in [1.807, 2.05) is 18.3 Å². The summed E-state index contributed by atoms with van der Waals surface area (Å²) in [6.45, 7) is 0.569. The molecule has 8 heteroatoms. The summed E-state index contributed by atoms with van der Waals surface area (Å²) in [6.07, 6.45) is 7.10. The van der Waals surface area contributed by atoms with E-state index in [4.69, 9.17) is 15.4 Å². The van der Waals surface area contributed by atoms with E-state index in [0.717, 1.165) is 32.9 Å². The summed E-state index contributed by atoms with van der Waals surface area (Å²) in [7, 11) is 1.56. The van der Waals surface area contributed by atoms with E-state index in [2.05, 4.69) is 31.3 Å². The van der Waals surface area contributed by atoms with Gasteiger partial charge >= 0.3 is 0 Å². The highest BCUT2D eigenvalue weighted by molar-refractivity contribution is 6.03. The van der Waals surface area contributed by atoms with Crippen molar-refractivity contribution in [3.05, 3.63) is 48.5 Å². The van der Waals surface area contributed by atoms with E-state index >= 15 is 0 Å². The number of ether oxygens (including phenoxy) is 1. The number of aromatic nitrogens is 4. The number of hydrogen-bond donors (Lipinski definition) is 3. The fourth-order valence-electron chi connectivity index (χ4n) is 3.07. The smallest absolute Gasteiger partial charge is 0.223 e. The lowest BCUT2D eigenvalue weighted by molar-refractivity contribution is 0.244. The maximum atomic E-state index is 9.10. The zero-order valence-corrected chi connectivity index (χ0v) is 15.2. The van der Waals surface area contributed by atoms with Crippen molar-refractivity contribution in [2.24, 2.45) is 0 Å². The molecule has 3 N–H and O–H groups in total. The number of pyridine rings is 1. The molecule has 0 fully saturated rings. The monoisotopic (exact) mass is 371 g/mol. The molecular formula is C20H17N7O. The summed E-state index contributed by atoms with van der Waals surface area (Å²) >= 11 is 0. The zero-order valence-electron chi connectivity index (χ0n) is 15.2. The Labute approximate surface area is 160 Å². The second-order valence-corrected chi connectivity index (χ2v) is 6.28. The van der Waals surface area contributed by atoms with Crippen molar-refractivity contribution in [2.75, 3.05) is 25.6 Å². The molecule has 28 heavy (non-hydrogen) atoms. The van der Waals surface area contributed by atoms with Gasteiger partial charge in [-0.05, 0) is 12.1 Å². The Bertz CT molecular complexity index is 1220. The van der Waals surface area contributed by atoms with Gasteiger partial charge in [0.25, 0.3) is 0 Å². The Hall–Kier alpha value is -3.83. The second-order valence-electron chi connectivity index (χ2n) is 6.28. The number of fused-ring (bicyclic) bond motifs is 2. The van der Waals surface area contributed by atoms with Crippen LogP contribution < -0.4 is 5.32 Å². The van der Waals surface area contributed by atoms with Crippen molar-refractivity contribution in [3.8, 4) is 17.2 Å². The molecule has 4 rings (SSSR count). The SMILES string of the molecule is COCC(=N)CNc1ncc2cncc(-c3c[nH]c4cc(C#N)ccc34)c2n1. The largest absolute Gasteiger partial charge is 0.379 e. The lowest BCUT2D eigenvalue weighted by Gasteiger charge is -2.08. The van der Waals surface area contributed by atoms with Gasteiger partial charge < -0.3 is 20.4 Å². The molecule has 0 atom stereocenters. The van der Waals surface area contributed by atoms with Crippen molar-refractivity contribution in [2.45, 2.75) is 0 Å².